The number of carbonyl (C=O) groups excluding carboxylic acids is 1. The van der Waals surface area contributed by atoms with Crippen molar-refractivity contribution in [3.63, 3.8) is 0 Å². The largest absolute Gasteiger partial charge is 0.346 e. The molecule has 0 bridgehead atoms. The molecule has 1 aliphatic rings. The van der Waals surface area contributed by atoms with Crippen LogP contribution >= 0.6 is 0 Å². The van der Waals surface area contributed by atoms with E-state index in [1.165, 1.54) is 4.90 Å². The number of amides is 2. The second kappa shape index (κ2) is 5.37. The van der Waals surface area contributed by atoms with Crippen molar-refractivity contribution in [1.29, 1.82) is 0 Å². The highest BCUT2D eigenvalue weighted by Gasteiger charge is 2.30. The van der Waals surface area contributed by atoms with Gasteiger partial charge in [-0.15, -0.1) is 0 Å². The number of benzene rings is 1. The highest BCUT2D eigenvalue weighted by Crippen LogP contribution is 2.23. The summed E-state index contributed by atoms with van der Waals surface area (Å²) in [7, 11) is 1.86. The Kier molecular flexibility index (Phi) is 3.64. The Hall–Kier alpha value is -2.27. The summed E-state index contributed by atoms with van der Waals surface area (Å²) in [6.45, 7) is 4.65. The molecule has 0 aromatic heterocycles. The zero-order valence-corrected chi connectivity index (χ0v) is 10.3. The van der Waals surface area contributed by atoms with E-state index in [0.717, 1.165) is 12.2 Å². The van der Waals surface area contributed by atoms with Crippen LogP contribution in [-0.4, -0.2) is 24.6 Å². The van der Waals surface area contributed by atoms with E-state index in [1.807, 2.05) is 43.5 Å². The number of para-hydroxylation sites is 1. The molecule has 94 valence electrons. The molecule has 1 heterocycles. The molecule has 1 fully saturated rings. The fraction of sp³-hybridized carbons (Fsp3) is 0.154. The molecule has 2 rings (SSSR count). The Morgan fingerprint density at radius 3 is 2.78 bits per heavy atom. The zero-order chi connectivity index (χ0) is 13.0. The van der Waals surface area contributed by atoms with Crippen LogP contribution in [0, 0.1) is 0 Å². The molecule has 1 saturated heterocycles. The van der Waals surface area contributed by atoms with Crippen LogP contribution < -0.4 is 15.6 Å². The van der Waals surface area contributed by atoms with Crippen molar-refractivity contribution in [2.45, 2.75) is 0 Å². The van der Waals surface area contributed by atoms with Gasteiger partial charge in [-0.25, -0.2) is 20.1 Å². The number of hydrazine groups is 1. The maximum atomic E-state index is 11.9. The van der Waals surface area contributed by atoms with Crippen molar-refractivity contribution in [1.82, 2.24) is 15.8 Å². The van der Waals surface area contributed by atoms with Gasteiger partial charge in [0.1, 0.15) is 5.82 Å². The van der Waals surface area contributed by atoms with Crippen LogP contribution in [0.2, 0.25) is 0 Å². The number of urea groups is 1. The fourth-order valence-electron chi connectivity index (χ4n) is 1.69. The van der Waals surface area contributed by atoms with Gasteiger partial charge in [0.05, 0.1) is 5.69 Å². The van der Waals surface area contributed by atoms with Crippen LogP contribution in [0.15, 0.2) is 55.0 Å². The van der Waals surface area contributed by atoms with Gasteiger partial charge in [0.25, 0.3) is 0 Å². The molecular weight excluding hydrogens is 228 g/mol. The number of nitrogens with one attached hydrogen (secondary N) is 2. The van der Waals surface area contributed by atoms with Gasteiger partial charge in [0, 0.05) is 12.7 Å². The second-order valence-corrected chi connectivity index (χ2v) is 3.82. The minimum absolute atomic E-state index is 0.208. The average molecular weight is 244 g/mol. The predicted molar refractivity (Wildman–Crippen MR) is 71.5 cm³/mol. The summed E-state index contributed by atoms with van der Waals surface area (Å²) in [5, 5.41) is 4.59. The Morgan fingerprint density at radius 2 is 2.11 bits per heavy atom. The van der Waals surface area contributed by atoms with Crippen LogP contribution in [0.5, 0.6) is 0 Å². The molecule has 1 aliphatic heterocycles. The van der Waals surface area contributed by atoms with Gasteiger partial charge in [-0.3, -0.25) is 0 Å². The van der Waals surface area contributed by atoms with Crippen LogP contribution in [0.1, 0.15) is 0 Å². The quantitative estimate of drug-likeness (QED) is 0.846. The van der Waals surface area contributed by atoms with Crippen molar-refractivity contribution in [3.8, 4) is 0 Å². The molecule has 0 radical (unpaired) electrons. The lowest BCUT2D eigenvalue weighted by molar-refractivity contribution is 0.243. The van der Waals surface area contributed by atoms with Crippen molar-refractivity contribution in [2.75, 3.05) is 18.5 Å². The first-order chi connectivity index (χ1) is 8.74. The number of carbonyl (C=O) groups is 1. The Morgan fingerprint density at radius 1 is 1.39 bits per heavy atom. The number of hydrogen-bond donors (Lipinski definition) is 2. The van der Waals surface area contributed by atoms with Gasteiger partial charge in [0.2, 0.25) is 0 Å². The molecule has 2 N–H and O–H groups in total. The van der Waals surface area contributed by atoms with E-state index in [4.69, 9.17) is 0 Å². The van der Waals surface area contributed by atoms with Crippen LogP contribution in [0.3, 0.4) is 0 Å². The summed E-state index contributed by atoms with van der Waals surface area (Å²) in [5.41, 5.74) is 3.51. The molecule has 0 saturated carbocycles. The Labute approximate surface area is 106 Å². The third-order valence-electron chi connectivity index (χ3n) is 2.55. The first-order valence-electron chi connectivity index (χ1n) is 5.69. The molecule has 5 nitrogen and oxygen atoms in total. The monoisotopic (exact) mass is 244 g/mol. The van der Waals surface area contributed by atoms with Crippen molar-refractivity contribution < 1.29 is 4.79 Å². The standard InChI is InChI=1S/C13H16N4O/c1-11-16(10-6-9-14-2)15-13(18)17(11)12-7-4-3-5-8-12/h3-8,10,14H,1,9H2,2H3,(H,15,18). The number of hydrogen-bond acceptors (Lipinski definition) is 3. The first-order valence-corrected chi connectivity index (χ1v) is 5.69. The van der Waals surface area contributed by atoms with Gasteiger partial charge in [-0.1, -0.05) is 30.9 Å². The summed E-state index contributed by atoms with van der Waals surface area (Å²) >= 11 is 0. The SMILES string of the molecule is C=C1N(C=CCNC)NC(=O)N1c1ccccc1. The predicted octanol–water partition coefficient (Wildman–Crippen LogP) is 1.64. The van der Waals surface area contributed by atoms with Gasteiger partial charge < -0.3 is 5.32 Å². The molecule has 1 aromatic rings. The summed E-state index contributed by atoms with van der Waals surface area (Å²) in [4.78, 5) is 13.4. The van der Waals surface area contributed by atoms with Crippen molar-refractivity contribution in [3.05, 3.63) is 55.0 Å². The number of nitrogens with zero attached hydrogens (tertiary/aromatic N) is 2. The molecule has 0 atom stereocenters. The Balaban J connectivity index is 2.15. The minimum atomic E-state index is -0.208. The van der Waals surface area contributed by atoms with E-state index in [2.05, 4.69) is 17.3 Å². The molecule has 5 heteroatoms. The van der Waals surface area contributed by atoms with E-state index in [0.29, 0.717) is 5.82 Å². The van der Waals surface area contributed by atoms with Gasteiger partial charge >= 0.3 is 6.03 Å². The summed E-state index contributed by atoms with van der Waals surface area (Å²) < 4.78 is 0. The molecule has 1 aromatic carbocycles. The highest BCUT2D eigenvalue weighted by molar-refractivity contribution is 5.97. The third kappa shape index (κ3) is 2.36. The maximum Gasteiger partial charge on any atom is 0.346 e. The lowest BCUT2D eigenvalue weighted by Crippen LogP contribution is -2.29. The van der Waals surface area contributed by atoms with E-state index in [1.54, 1.807) is 11.2 Å². The van der Waals surface area contributed by atoms with Crippen LogP contribution in [0.4, 0.5) is 10.5 Å². The summed E-state index contributed by atoms with van der Waals surface area (Å²) in [5.74, 6) is 0.582. The highest BCUT2D eigenvalue weighted by atomic mass is 16.2. The van der Waals surface area contributed by atoms with E-state index in [9.17, 15) is 4.79 Å². The van der Waals surface area contributed by atoms with Crippen LogP contribution in [-0.2, 0) is 0 Å². The van der Waals surface area contributed by atoms with Gasteiger partial charge in [0.15, 0.2) is 0 Å². The molecular formula is C13H16N4O. The second-order valence-electron chi connectivity index (χ2n) is 3.82. The van der Waals surface area contributed by atoms with Crippen molar-refractivity contribution >= 4 is 11.7 Å². The van der Waals surface area contributed by atoms with Crippen molar-refractivity contribution in [2.24, 2.45) is 0 Å². The molecule has 0 aliphatic carbocycles. The van der Waals surface area contributed by atoms with Gasteiger partial charge in [-0.05, 0) is 19.2 Å². The lowest BCUT2D eigenvalue weighted by atomic mass is 10.3. The normalized spacial score (nSPS) is 15.6. The number of likely N-dealkylation sites (N-methyl/N-ethyl adjacent to an activating group) is 1. The fourth-order valence-corrected chi connectivity index (χ4v) is 1.69. The minimum Gasteiger partial charge on any atom is -0.316 e. The molecule has 0 unspecified atom stereocenters. The summed E-state index contributed by atoms with van der Waals surface area (Å²) in [6.07, 6.45) is 3.68. The Bertz CT molecular complexity index is 469. The number of rotatable bonds is 4. The van der Waals surface area contributed by atoms with E-state index < -0.39 is 0 Å². The average Bonchev–Trinajstić information content (AvgIpc) is 2.66. The smallest absolute Gasteiger partial charge is 0.316 e. The topological polar surface area (TPSA) is 47.6 Å². The molecule has 0 spiro atoms. The van der Waals surface area contributed by atoms with E-state index in [-0.39, 0.29) is 6.03 Å². The zero-order valence-electron chi connectivity index (χ0n) is 10.3. The van der Waals surface area contributed by atoms with Gasteiger partial charge in [-0.2, -0.15) is 0 Å². The molecule has 18 heavy (non-hydrogen) atoms. The van der Waals surface area contributed by atoms with E-state index >= 15 is 0 Å². The summed E-state index contributed by atoms with van der Waals surface area (Å²) in [6, 6.07) is 9.20. The first kappa shape index (κ1) is 12.2. The number of anilines is 1. The maximum absolute atomic E-state index is 11.9. The molecule has 2 amide bonds. The van der Waals surface area contributed by atoms with Crippen LogP contribution in [0.25, 0.3) is 0 Å². The third-order valence-corrected chi connectivity index (χ3v) is 2.55. The lowest BCUT2D eigenvalue weighted by Gasteiger charge is -2.17.